The second-order valence-corrected chi connectivity index (χ2v) is 9.70. The maximum Gasteiger partial charge on any atom is 0.338 e. The summed E-state index contributed by atoms with van der Waals surface area (Å²) in [5, 5.41) is 4.79. The van der Waals surface area contributed by atoms with E-state index in [9.17, 15) is 9.59 Å². The number of anilines is 1. The second kappa shape index (κ2) is 11.8. The average molecular weight is 469 g/mol. The molecule has 0 atom stereocenters. The number of nitrogens with one attached hydrogen (secondary N) is 1. The standard InChI is InChI=1S/C25H28N2O3S2/c1-4-5-12-30-24(29)19-8-10-21(11-9-19)26-23(28)14-22-16-32-25(27-22)31-15-20-13-17(2)6-7-18(20)3/h6-11,13,16H,4-5,12,14-15H2,1-3H3,(H,26,28). The number of carbonyl (C=O) groups excluding carboxylic acids is 2. The second-order valence-electron chi connectivity index (χ2n) is 7.62. The van der Waals surface area contributed by atoms with Gasteiger partial charge in [0.25, 0.3) is 0 Å². The van der Waals surface area contributed by atoms with Crippen LogP contribution in [-0.2, 0) is 21.7 Å². The van der Waals surface area contributed by atoms with E-state index in [2.05, 4.69) is 42.3 Å². The summed E-state index contributed by atoms with van der Waals surface area (Å²) in [6.45, 7) is 6.69. The van der Waals surface area contributed by atoms with Crippen LogP contribution in [0.3, 0.4) is 0 Å². The number of hydrogen-bond donors (Lipinski definition) is 1. The highest BCUT2D eigenvalue weighted by molar-refractivity contribution is 8.00. The van der Waals surface area contributed by atoms with E-state index < -0.39 is 0 Å². The summed E-state index contributed by atoms with van der Waals surface area (Å²) >= 11 is 3.25. The van der Waals surface area contributed by atoms with Crippen molar-refractivity contribution in [1.29, 1.82) is 0 Å². The Morgan fingerprint density at radius 3 is 2.66 bits per heavy atom. The molecule has 5 nitrogen and oxygen atoms in total. The Balaban J connectivity index is 1.48. The van der Waals surface area contributed by atoms with Crippen LogP contribution in [-0.4, -0.2) is 23.5 Å². The number of ether oxygens (including phenoxy) is 1. The third-order valence-electron chi connectivity index (χ3n) is 4.86. The normalized spacial score (nSPS) is 10.7. The molecule has 1 amide bonds. The number of thiazole rings is 1. The number of rotatable bonds is 10. The van der Waals surface area contributed by atoms with Crippen LogP contribution in [0.5, 0.6) is 0 Å². The first-order chi connectivity index (χ1) is 15.4. The fraction of sp³-hybridized carbons (Fsp3) is 0.320. The number of amides is 1. The molecule has 3 rings (SSSR count). The van der Waals surface area contributed by atoms with Gasteiger partial charge in [0, 0.05) is 16.8 Å². The van der Waals surface area contributed by atoms with Gasteiger partial charge in [0.05, 0.1) is 24.3 Å². The Hall–Kier alpha value is -2.64. The van der Waals surface area contributed by atoms with Crippen molar-refractivity contribution in [3.05, 3.63) is 75.8 Å². The van der Waals surface area contributed by atoms with Gasteiger partial charge in [0.1, 0.15) is 4.34 Å². The van der Waals surface area contributed by atoms with Crippen molar-refractivity contribution in [3.8, 4) is 0 Å². The maximum absolute atomic E-state index is 12.4. The molecule has 1 heterocycles. The molecule has 0 aliphatic rings. The molecule has 168 valence electrons. The van der Waals surface area contributed by atoms with E-state index in [-0.39, 0.29) is 18.3 Å². The number of aromatic nitrogens is 1. The van der Waals surface area contributed by atoms with Crippen LogP contribution < -0.4 is 5.32 Å². The van der Waals surface area contributed by atoms with Crippen LogP contribution >= 0.6 is 23.1 Å². The summed E-state index contributed by atoms with van der Waals surface area (Å²) < 4.78 is 6.15. The van der Waals surface area contributed by atoms with Crippen molar-refractivity contribution in [2.24, 2.45) is 0 Å². The first kappa shape index (κ1) is 24.0. The SMILES string of the molecule is CCCCOC(=O)c1ccc(NC(=O)Cc2csc(SCc3cc(C)ccc3C)n2)cc1. The first-order valence-electron chi connectivity index (χ1n) is 10.6. The van der Waals surface area contributed by atoms with Gasteiger partial charge in [0.15, 0.2) is 0 Å². The van der Waals surface area contributed by atoms with Gasteiger partial charge in [-0.2, -0.15) is 0 Å². The fourth-order valence-electron chi connectivity index (χ4n) is 2.98. The minimum Gasteiger partial charge on any atom is -0.462 e. The quantitative estimate of drug-likeness (QED) is 0.218. The molecule has 0 unspecified atom stereocenters. The largest absolute Gasteiger partial charge is 0.462 e. The topological polar surface area (TPSA) is 68.3 Å². The lowest BCUT2D eigenvalue weighted by molar-refractivity contribution is -0.115. The van der Waals surface area contributed by atoms with Crippen molar-refractivity contribution in [2.45, 2.75) is 50.1 Å². The average Bonchev–Trinajstić information content (AvgIpc) is 3.22. The Morgan fingerprint density at radius 2 is 1.91 bits per heavy atom. The Morgan fingerprint density at radius 1 is 1.12 bits per heavy atom. The van der Waals surface area contributed by atoms with Crippen LogP contribution in [0.2, 0.25) is 0 Å². The minimum absolute atomic E-state index is 0.139. The van der Waals surface area contributed by atoms with Crippen LogP contribution in [0.1, 0.15) is 52.5 Å². The van der Waals surface area contributed by atoms with E-state index in [0.717, 1.165) is 28.6 Å². The molecule has 0 saturated heterocycles. The van der Waals surface area contributed by atoms with E-state index in [1.807, 2.05) is 12.3 Å². The smallest absolute Gasteiger partial charge is 0.338 e. The van der Waals surface area contributed by atoms with Gasteiger partial charge in [-0.15, -0.1) is 11.3 Å². The Labute approximate surface area is 197 Å². The molecule has 0 aliphatic heterocycles. The van der Waals surface area contributed by atoms with Gasteiger partial charge < -0.3 is 10.1 Å². The van der Waals surface area contributed by atoms with Gasteiger partial charge in [-0.3, -0.25) is 4.79 Å². The van der Waals surface area contributed by atoms with Crippen molar-refractivity contribution in [1.82, 2.24) is 4.98 Å². The number of hydrogen-bond acceptors (Lipinski definition) is 6. The zero-order valence-corrected chi connectivity index (χ0v) is 20.3. The van der Waals surface area contributed by atoms with Crippen molar-refractivity contribution >= 4 is 40.7 Å². The molecule has 7 heteroatoms. The Bertz CT molecular complexity index is 1060. The van der Waals surface area contributed by atoms with Gasteiger partial charge in [-0.25, -0.2) is 9.78 Å². The predicted molar refractivity (Wildman–Crippen MR) is 132 cm³/mol. The predicted octanol–water partition coefficient (Wildman–Crippen LogP) is 6.19. The number of nitrogens with zero attached hydrogens (tertiary/aromatic N) is 1. The molecule has 0 saturated carbocycles. The van der Waals surface area contributed by atoms with Crippen LogP contribution in [0.15, 0.2) is 52.2 Å². The molecule has 1 aromatic heterocycles. The highest BCUT2D eigenvalue weighted by Gasteiger charge is 2.11. The molecule has 0 radical (unpaired) electrons. The molecule has 0 aliphatic carbocycles. The molecular weight excluding hydrogens is 440 g/mol. The number of esters is 1. The zero-order valence-electron chi connectivity index (χ0n) is 18.6. The zero-order chi connectivity index (χ0) is 22.9. The van der Waals surface area contributed by atoms with Gasteiger partial charge in [0.2, 0.25) is 5.91 Å². The van der Waals surface area contributed by atoms with Gasteiger partial charge in [-0.1, -0.05) is 48.9 Å². The first-order valence-corrected chi connectivity index (χ1v) is 12.5. The summed E-state index contributed by atoms with van der Waals surface area (Å²) in [5.41, 5.74) is 5.71. The summed E-state index contributed by atoms with van der Waals surface area (Å²) in [6, 6.07) is 13.2. The lowest BCUT2D eigenvalue weighted by atomic mass is 10.1. The summed E-state index contributed by atoms with van der Waals surface area (Å²) in [5.74, 6) is 0.379. The molecule has 0 fully saturated rings. The Kier molecular flexibility index (Phi) is 8.88. The van der Waals surface area contributed by atoms with Crippen molar-refractivity contribution in [2.75, 3.05) is 11.9 Å². The van der Waals surface area contributed by atoms with E-state index in [4.69, 9.17) is 4.74 Å². The van der Waals surface area contributed by atoms with Crippen LogP contribution in [0, 0.1) is 13.8 Å². The maximum atomic E-state index is 12.4. The van der Waals surface area contributed by atoms with E-state index in [1.54, 1.807) is 47.4 Å². The van der Waals surface area contributed by atoms with Crippen LogP contribution in [0.25, 0.3) is 0 Å². The van der Waals surface area contributed by atoms with E-state index >= 15 is 0 Å². The highest BCUT2D eigenvalue weighted by Crippen LogP contribution is 2.28. The number of carbonyl (C=O) groups is 2. The molecule has 32 heavy (non-hydrogen) atoms. The van der Waals surface area contributed by atoms with E-state index in [0.29, 0.717) is 17.9 Å². The number of aryl methyl sites for hydroxylation is 2. The van der Waals surface area contributed by atoms with Gasteiger partial charge in [-0.05, 0) is 55.7 Å². The summed E-state index contributed by atoms with van der Waals surface area (Å²) in [4.78, 5) is 28.9. The summed E-state index contributed by atoms with van der Waals surface area (Å²) in [6.07, 6.45) is 2.04. The number of unbranched alkanes of at least 4 members (excludes halogenated alkanes) is 1. The monoisotopic (exact) mass is 468 g/mol. The lowest BCUT2D eigenvalue weighted by Crippen LogP contribution is -2.14. The molecule has 3 aromatic rings. The van der Waals surface area contributed by atoms with Gasteiger partial charge >= 0.3 is 5.97 Å². The molecule has 1 N–H and O–H groups in total. The summed E-state index contributed by atoms with van der Waals surface area (Å²) in [7, 11) is 0. The molecule has 0 bridgehead atoms. The highest BCUT2D eigenvalue weighted by atomic mass is 32.2. The third-order valence-corrected chi connectivity index (χ3v) is 6.98. The number of benzene rings is 2. The lowest BCUT2D eigenvalue weighted by Gasteiger charge is -2.07. The van der Waals surface area contributed by atoms with Crippen molar-refractivity contribution in [3.63, 3.8) is 0 Å². The number of thioether (sulfide) groups is 1. The van der Waals surface area contributed by atoms with E-state index in [1.165, 1.54) is 16.7 Å². The van der Waals surface area contributed by atoms with Crippen molar-refractivity contribution < 1.29 is 14.3 Å². The molecule has 2 aromatic carbocycles. The fourth-order valence-corrected chi connectivity index (χ4v) is 4.89. The minimum atomic E-state index is -0.343. The molecule has 0 spiro atoms. The third kappa shape index (κ3) is 7.21. The van der Waals surface area contributed by atoms with Crippen LogP contribution in [0.4, 0.5) is 5.69 Å². The molecular formula is C25H28N2O3S2.